The first-order chi connectivity index (χ1) is 11.4. The zero-order valence-electron chi connectivity index (χ0n) is 13.6. The van der Waals surface area contributed by atoms with Crippen molar-refractivity contribution in [3.05, 3.63) is 46.9 Å². The summed E-state index contributed by atoms with van der Waals surface area (Å²) in [7, 11) is 0. The minimum Gasteiger partial charge on any atom is -0.463 e. The number of benzene rings is 1. The molecule has 3 rings (SSSR count). The van der Waals surface area contributed by atoms with Crippen LogP contribution in [0, 0.1) is 5.82 Å². The van der Waals surface area contributed by atoms with Crippen LogP contribution in [-0.4, -0.2) is 33.8 Å². The predicted molar refractivity (Wildman–Crippen MR) is 89.8 cm³/mol. The summed E-state index contributed by atoms with van der Waals surface area (Å²) in [5.41, 5.74) is 1.48. The first-order valence-electron chi connectivity index (χ1n) is 7.65. The Morgan fingerprint density at radius 1 is 1.38 bits per heavy atom. The average molecular weight is 348 g/mol. The number of amides is 1. The van der Waals surface area contributed by atoms with E-state index in [1.807, 2.05) is 0 Å². The van der Waals surface area contributed by atoms with Crippen LogP contribution in [0.2, 0.25) is 0 Å². The van der Waals surface area contributed by atoms with Crippen LogP contribution in [0.1, 0.15) is 32.4 Å². The minimum atomic E-state index is -0.651. The minimum absolute atomic E-state index is 0.123. The molecular formula is C17H17FN2O3S. The Labute approximate surface area is 143 Å². The SMILES string of the molecule is CCOC(=O)C1=C(C)N=C2SC(C)C(=O)N2C1c1ccc(F)cc1. The van der Waals surface area contributed by atoms with Gasteiger partial charge >= 0.3 is 5.97 Å². The van der Waals surface area contributed by atoms with E-state index in [1.165, 1.54) is 28.8 Å². The Balaban J connectivity index is 2.14. The molecule has 0 radical (unpaired) electrons. The second-order valence-electron chi connectivity index (χ2n) is 5.54. The van der Waals surface area contributed by atoms with Crippen molar-refractivity contribution in [2.75, 3.05) is 6.61 Å². The van der Waals surface area contributed by atoms with Crippen LogP contribution in [0.25, 0.3) is 0 Å². The third kappa shape index (κ3) is 2.73. The number of allylic oxidation sites excluding steroid dienone is 1. The van der Waals surface area contributed by atoms with Gasteiger partial charge in [-0.2, -0.15) is 0 Å². The number of halogens is 1. The van der Waals surface area contributed by atoms with E-state index in [4.69, 9.17) is 4.74 Å². The highest BCUT2D eigenvalue weighted by Crippen LogP contribution is 2.43. The fourth-order valence-corrected chi connectivity index (χ4v) is 3.86. The van der Waals surface area contributed by atoms with Gasteiger partial charge in [0.05, 0.1) is 29.2 Å². The quantitative estimate of drug-likeness (QED) is 0.788. The van der Waals surface area contributed by atoms with E-state index < -0.39 is 12.0 Å². The Hall–Kier alpha value is -2.15. The van der Waals surface area contributed by atoms with E-state index in [-0.39, 0.29) is 23.6 Å². The second kappa shape index (κ2) is 6.39. The Morgan fingerprint density at radius 2 is 2.04 bits per heavy atom. The summed E-state index contributed by atoms with van der Waals surface area (Å²) < 4.78 is 18.5. The summed E-state index contributed by atoms with van der Waals surface area (Å²) in [5.74, 6) is -1.01. The van der Waals surface area contributed by atoms with Crippen LogP contribution in [0.15, 0.2) is 40.5 Å². The lowest BCUT2D eigenvalue weighted by Crippen LogP contribution is -2.40. The molecular weight excluding hydrogens is 331 g/mol. The molecule has 0 bridgehead atoms. The Kier molecular flexibility index (Phi) is 4.45. The maximum atomic E-state index is 13.3. The Morgan fingerprint density at radius 3 is 2.67 bits per heavy atom. The van der Waals surface area contributed by atoms with E-state index in [2.05, 4.69) is 4.99 Å². The van der Waals surface area contributed by atoms with E-state index in [0.717, 1.165) is 0 Å². The van der Waals surface area contributed by atoms with Crippen LogP contribution in [0.5, 0.6) is 0 Å². The molecule has 2 aliphatic rings. The highest BCUT2D eigenvalue weighted by Gasteiger charge is 2.46. The van der Waals surface area contributed by atoms with Gasteiger partial charge in [0, 0.05) is 0 Å². The molecule has 0 spiro atoms. The molecule has 2 unspecified atom stereocenters. The highest BCUT2D eigenvalue weighted by atomic mass is 32.2. The number of thioether (sulfide) groups is 1. The molecule has 2 aliphatic heterocycles. The second-order valence-corrected chi connectivity index (χ2v) is 6.84. The molecule has 126 valence electrons. The monoisotopic (exact) mass is 348 g/mol. The number of amidine groups is 1. The standard InChI is InChI=1S/C17H17FN2O3S/c1-4-23-16(22)13-9(2)19-17-20(15(21)10(3)24-17)14(13)11-5-7-12(18)8-6-11/h5-8,10,14H,4H2,1-3H3. The third-order valence-corrected chi connectivity index (χ3v) is 4.99. The summed E-state index contributed by atoms with van der Waals surface area (Å²) in [6.45, 7) is 5.47. The van der Waals surface area contributed by atoms with Crippen LogP contribution in [-0.2, 0) is 14.3 Å². The van der Waals surface area contributed by atoms with Crippen molar-refractivity contribution >= 4 is 28.8 Å². The van der Waals surface area contributed by atoms with Gasteiger partial charge in [-0.15, -0.1) is 0 Å². The summed E-state index contributed by atoms with van der Waals surface area (Å²) in [6.07, 6.45) is 0. The van der Waals surface area contributed by atoms with Crippen LogP contribution >= 0.6 is 11.8 Å². The van der Waals surface area contributed by atoms with Gasteiger partial charge in [-0.05, 0) is 38.5 Å². The van der Waals surface area contributed by atoms with Crippen molar-refractivity contribution in [2.45, 2.75) is 32.1 Å². The van der Waals surface area contributed by atoms with Crippen molar-refractivity contribution < 1.29 is 18.7 Å². The largest absolute Gasteiger partial charge is 0.463 e. The molecule has 0 N–H and O–H groups in total. The van der Waals surface area contributed by atoms with E-state index >= 15 is 0 Å². The molecule has 1 amide bonds. The number of carbonyl (C=O) groups excluding carboxylic acids is 2. The van der Waals surface area contributed by atoms with Gasteiger partial charge in [0.15, 0.2) is 5.17 Å². The van der Waals surface area contributed by atoms with Gasteiger partial charge in [-0.25, -0.2) is 14.2 Å². The van der Waals surface area contributed by atoms with Crippen molar-refractivity contribution in [2.24, 2.45) is 4.99 Å². The summed E-state index contributed by atoms with van der Waals surface area (Å²) in [5, 5.41) is 0.286. The molecule has 1 aromatic carbocycles. The molecule has 0 saturated carbocycles. The number of rotatable bonds is 3. The fraction of sp³-hybridized carbons (Fsp3) is 0.353. The van der Waals surface area contributed by atoms with Crippen LogP contribution < -0.4 is 0 Å². The average Bonchev–Trinajstić information content (AvgIpc) is 2.81. The number of aliphatic imine (C=N–C) groups is 1. The molecule has 0 aromatic heterocycles. The normalized spacial score (nSPS) is 23.2. The molecule has 5 nitrogen and oxygen atoms in total. The molecule has 2 heterocycles. The zero-order valence-corrected chi connectivity index (χ0v) is 14.4. The van der Waals surface area contributed by atoms with Gasteiger partial charge in [0.2, 0.25) is 5.91 Å². The van der Waals surface area contributed by atoms with Crippen molar-refractivity contribution in [3.8, 4) is 0 Å². The van der Waals surface area contributed by atoms with Gasteiger partial charge in [-0.3, -0.25) is 9.69 Å². The fourth-order valence-electron chi connectivity index (χ4n) is 2.83. The van der Waals surface area contributed by atoms with E-state index in [9.17, 15) is 14.0 Å². The van der Waals surface area contributed by atoms with Crippen LogP contribution in [0.3, 0.4) is 0 Å². The van der Waals surface area contributed by atoms with Gasteiger partial charge in [0.25, 0.3) is 0 Å². The lowest BCUT2D eigenvalue weighted by atomic mass is 9.94. The molecule has 0 aliphatic carbocycles. The maximum absolute atomic E-state index is 13.3. The number of esters is 1. The van der Waals surface area contributed by atoms with Crippen LogP contribution in [0.4, 0.5) is 4.39 Å². The number of ether oxygens (including phenoxy) is 1. The van der Waals surface area contributed by atoms with E-state index in [0.29, 0.717) is 22.0 Å². The third-order valence-electron chi connectivity index (χ3n) is 3.94. The molecule has 1 aromatic rings. The first kappa shape index (κ1) is 16.7. The maximum Gasteiger partial charge on any atom is 0.338 e. The van der Waals surface area contributed by atoms with Gasteiger partial charge in [0.1, 0.15) is 5.82 Å². The van der Waals surface area contributed by atoms with E-state index in [1.54, 1.807) is 32.9 Å². The first-order valence-corrected chi connectivity index (χ1v) is 8.53. The molecule has 24 heavy (non-hydrogen) atoms. The number of nitrogens with zero attached hydrogens (tertiary/aromatic N) is 2. The van der Waals surface area contributed by atoms with Gasteiger partial charge in [-0.1, -0.05) is 23.9 Å². The molecule has 2 atom stereocenters. The number of hydrogen-bond donors (Lipinski definition) is 0. The molecule has 1 fully saturated rings. The summed E-state index contributed by atoms with van der Waals surface area (Å²) in [4.78, 5) is 31.0. The lowest BCUT2D eigenvalue weighted by Gasteiger charge is -2.33. The Bertz CT molecular complexity index is 758. The van der Waals surface area contributed by atoms with Crippen molar-refractivity contribution in [1.29, 1.82) is 0 Å². The lowest BCUT2D eigenvalue weighted by molar-refractivity contribution is -0.139. The topological polar surface area (TPSA) is 59.0 Å². The summed E-state index contributed by atoms with van der Waals surface area (Å²) >= 11 is 1.36. The number of fused-ring (bicyclic) bond motifs is 1. The smallest absolute Gasteiger partial charge is 0.338 e. The van der Waals surface area contributed by atoms with Crippen molar-refractivity contribution in [3.63, 3.8) is 0 Å². The van der Waals surface area contributed by atoms with Crippen molar-refractivity contribution in [1.82, 2.24) is 4.90 Å². The number of hydrogen-bond acceptors (Lipinski definition) is 5. The predicted octanol–water partition coefficient (Wildman–Crippen LogP) is 3.04. The summed E-state index contributed by atoms with van der Waals surface area (Å²) in [6, 6.07) is 5.14. The number of carbonyl (C=O) groups is 2. The molecule has 7 heteroatoms. The highest BCUT2D eigenvalue weighted by molar-refractivity contribution is 8.15. The molecule has 1 saturated heterocycles. The zero-order chi connectivity index (χ0) is 17.4. The van der Waals surface area contributed by atoms with Gasteiger partial charge < -0.3 is 4.74 Å².